The first kappa shape index (κ1) is 11.7. The Bertz CT molecular complexity index is 22.8. The van der Waals surface area contributed by atoms with Crippen molar-refractivity contribution in [3.8, 4) is 0 Å². The van der Waals surface area contributed by atoms with Crippen molar-refractivity contribution in [3.05, 3.63) is 0 Å². The van der Waals surface area contributed by atoms with E-state index < -0.39 is 0 Å². The minimum absolute atomic E-state index is 0. The van der Waals surface area contributed by atoms with Crippen LogP contribution < -0.4 is 0 Å². The molecule has 0 aromatic carbocycles. The molecule has 0 aliphatic rings. The maximum Gasteiger partial charge on any atom is 0.262 e. The molecule has 0 saturated carbocycles. The van der Waals surface area contributed by atoms with E-state index in [4.69, 9.17) is 0 Å². The van der Waals surface area contributed by atoms with Crippen molar-refractivity contribution < 1.29 is 18.6 Å². The van der Waals surface area contributed by atoms with Gasteiger partial charge in [-0.15, -0.1) is 44.7 Å². The molecule has 6 heteroatoms. The van der Waals surface area contributed by atoms with Gasteiger partial charge in [0, 0.05) is 18.6 Å². The third kappa shape index (κ3) is 10.0. The second kappa shape index (κ2) is 7.90. The molecule has 0 aliphatic heterocycles. The molecule has 0 rings (SSSR count). The molecule has 0 amide bonds. The van der Waals surface area contributed by atoms with Crippen LogP contribution in [0.1, 0.15) is 0 Å². The van der Waals surface area contributed by atoms with E-state index in [0.717, 1.165) is 0 Å². The van der Waals surface area contributed by atoms with Gasteiger partial charge in [0.25, 0.3) is 2.32 Å². The second-order valence-electron chi connectivity index (χ2n) is 0.460. The third-order valence-electron chi connectivity index (χ3n) is 0.0952. The average molecular weight is 453 g/mol. The van der Waals surface area contributed by atoms with E-state index in [0.29, 0.717) is 2.32 Å². The molecule has 0 spiro atoms. The molecule has 0 unspecified atom stereocenters. The fourth-order valence-corrected chi connectivity index (χ4v) is 0. The summed E-state index contributed by atoms with van der Waals surface area (Å²) in [6.07, 6.45) is 0. The van der Waals surface area contributed by atoms with Gasteiger partial charge in [0.1, 0.15) is 0 Å². The summed E-state index contributed by atoms with van der Waals surface area (Å²) in [5, 5.41) is 2.11. The second-order valence-corrected chi connectivity index (χ2v) is 6.25. The minimum Gasteiger partial charge on any atom is -0.167 e. The van der Waals surface area contributed by atoms with E-state index >= 15 is 0 Å². The average Bonchev–Trinajstić information content (AvgIpc) is 1.38. The van der Waals surface area contributed by atoms with Crippen LogP contribution >= 0.6 is 67.1 Å². The quantitative estimate of drug-likeness (QED) is 0.421. The van der Waals surface area contributed by atoms with E-state index in [9.17, 15) is 0 Å². The van der Waals surface area contributed by atoms with Crippen LogP contribution in [-0.2, 0) is 18.6 Å². The molecule has 0 heterocycles. The standard InChI is InChI=1S/B2I3.V/c3-1-2(4)5;. The van der Waals surface area contributed by atoms with E-state index in [1.54, 1.807) is 0 Å². The number of hydrogen-bond donors (Lipinski definition) is 0. The fraction of sp³-hybridized carbons (Fsp3) is 0. The first-order valence-electron chi connectivity index (χ1n) is 0.988. The Kier molecular flexibility index (Phi) is 15.4. The molecule has 6 heavy (non-hydrogen) atoms. The summed E-state index contributed by atoms with van der Waals surface area (Å²) >= 11 is 6.90. The number of halogens is 3. The van der Waals surface area contributed by atoms with Gasteiger partial charge in [-0.25, -0.2) is 0 Å². The largest absolute Gasteiger partial charge is 0.262 e. The molecular weight excluding hydrogens is 453 g/mol. The molecule has 0 aromatic heterocycles. The number of rotatable bonds is 1. The van der Waals surface area contributed by atoms with Crippen LogP contribution in [0.5, 0.6) is 0 Å². The van der Waals surface area contributed by atoms with Crippen molar-refractivity contribution in [2.75, 3.05) is 0 Å². The topological polar surface area (TPSA) is 0 Å². The van der Waals surface area contributed by atoms with Gasteiger partial charge in [0.05, 0.1) is 0 Å². The molecule has 2 radical (unpaired) electrons. The zero-order valence-electron chi connectivity index (χ0n) is 2.74. The predicted octanol–water partition coefficient (Wildman–Crippen LogP) is 1.89. The Morgan fingerprint density at radius 3 is 1.50 bits per heavy atom. The Morgan fingerprint density at radius 1 is 1.33 bits per heavy atom. The van der Waals surface area contributed by atoms with Crippen LogP contribution in [0.4, 0.5) is 0 Å². The van der Waals surface area contributed by atoms with Crippen LogP contribution in [0.25, 0.3) is 0 Å². The summed E-state index contributed by atoms with van der Waals surface area (Å²) in [7, 11) is 0. The van der Waals surface area contributed by atoms with Crippen molar-refractivity contribution >= 4 is 74.5 Å². The van der Waals surface area contributed by atoms with E-state index in [-0.39, 0.29) is 18.6 Å². The van der Waals surface area contributed by atoms with Gasteiger partial charge in [0.15, 0.2) is 5.03 Å². The van der Waals surface area contributed by atoms with Gasteiger partial charge >= 0.3 is 0 Å². The van der Waals surface area contributed by atoms with Crippen LogP contribution in [0, 0.1) is 0 Å². The summed E-state index contributed by atoms with van der Waals surface area (Å²) in [5.41, 5.74) is 0. The van der Waals surface area contributed by atoms with E-state index in [1.807, 2.05) is 0 Å². The molecule has 0 atom stereocenters. The summed E-state index contributed by atoms with van der Waals surface area (Å²) in [5.74, 6) is 0. The maximum absolute atomic E-state index is 2.33. The fourth-order valence-electron chi connectivity index (χ4n) is 0. The SMILES string of the molecule is I[B]B(I)I.[V]. The normalized spacial score (nSPS) is 5.83. The molecule has 0 nitrogen and oxygen atoms in total. The Balaban J connectivity index is 0. The molecule has 0 N–H and O–H groups in total. The monoisotopic (exact) mass is 454 g/mol. The van der Waals surface area contributed by atoms with Crippen molar-refractivity contribution in [1.82, 2.24) is 0 Å². The predicted molar refractivity (Wildman–Crippen MR) is 53.6 cm³/mol. The van der Waals surface area contributed by atoms with Gasteiger partial charge < -0.3 is 0 Å². The summed E-state index contributed by atoms with van der Waals surface area (Å²) in [6, 6.07) is 0. The number of hydrogen-bond acceptors (Lipinski definition) is 0. The molecule has 0 fully saturated rings. The van der Waals surface area contributed by atoms with Gasteiger partial charge in [-0.3, -0.25) is 0 Å². The summed E-state index contributed by atoms with van der Waals surface area (Å²) in [6.45, 7) is 0. The van der Waals surface area contributed by atoms with E-state index in [2.05, 4.69) is 72.1 Å². The van der Waals surface area contributed by atoms with Crippen LogP contribution in [-0.4, -0.2) is 7.34 Å². The molecule has 0 aliphatic carbocycles. The molecule has 0 saturated heterocycles. The summed E-state index contributed by atoms with van der Waals surface area (Å²) < 4.78 is 0.686. The first-order chi connectivity index (χ1) is 2.27. The van der Waals surface area contributed by atoms with Gasteiger partial charge in [-0.05, 0) is 0 Å². The maximum atomic E-state index is 2.33. The zero-order chi connectivity index (χ0) is 4.28. The van der Waals surface area contributed by atoms with Crippen molar-refractivity contribution in [1.29, 1.82) is 0 Å². The molecular formula is B2I3V. The van der Waals surface area contributed by atoms with Crippen molar-refractivity contribution in [3.63, 3.8) is 0 Å². The molecule has 0 bridgehead atoms. The summed E-state index contributed by atoms with van der Waals surface area (Å²) in [4.78, 5) is 0. The van der Waals surface area contributed by atoms with Crippen LogP contribution in [0.15, 0.2) is 0 Å². The molecule has 0 aromatic rings. The van der Waals surface area contributed by atoms with Crippen LogP contribution in [0.2, 0.25) is 0 Å². The van der Waals surface area contributed by atoms with Gasteiger partial charge in [-0.1, -0.05) is 0 Å². The van der Waals surface area contributed by atoms with Crippen LogP contribution in [0.3, 0.4) is 0 Å². The molecule has 32 valence electrons. The van der Waals surface area contributed by atoms with Crippen molar-refractivity contribution in [2.24, 2.45) is 0 Å². The Hall–Kier alpha value is 2.90. The van der Waals surface area contributed by atoms with Crippen molar-refractivity contribution in [2.45, 2.75) is 0 Å². The first-order valence-corrected chi connectivity index (χ1v) is 4.72. The minimum atomic E-state index is 0. The van der Waals surface area contributed by atoms with Gasteiger partial charge in [-0.2, -0.15) is 22.4 Å². The van der Waals surface area contributed by atoms with Gasteiger partial charge in [0.2, 0.25) is 0 Å². The smallest absolute Gasteiger partial charge is 0.167 e. The third-order valence-corrected chi connectivity index (χ3v) is 4.29. The Morgan fingerprint density at radius 2 is 1.50 bits per heavy atom. The Labute approximate surface area is 91.2 Å². The zero-order valence-corrected chi connectivity index (χ0v) is 10.6. The van der Waals surface area contributed by atoms with E-state index in [1.165, 1.54) is 0 Å².